The van der Waals surface area contributed by atoms with Crippen LogP contribution >= 0.6 is 0 Å². The number of para-hydroxylation sites is 1. The van der Waals surface area contributed by atoms with Crippen molar-refractivity contribution in [3.63, 3.8) is 0 Å². The smallest absolute Gasteiger partial charge is 0.360 e. The number of fused-ring (bicyclic) bond motifs is 1. The van der Waals surface area contributed by atoms with Gasteiger partial charge in [-0.15, -0.1) is 0 Å². The molecule has 3 N–H and O–H groups in total. The molecular weight excluding hydrogens is 375 g/mol. The highest BCUT2D eigenvalue weighted by atomic mass is 19.4. The number of aromatic nitrogens is 1. The molecule has 1 heterocycles. The normalized spacial score (nSPS) is 11.3. The Hall–Kier alpha value is -3.62. The number of alkyl halides is 3. The second-order valence-corrected chi connectivity index (χ2v) is 5.97. The summed E-state index contributed by atoms with van der Waals surface area (Å²) in [4.78, 5) is 38.3. The highest BCUT2D eigenvalue weighted by Gasteiger charge is 2.33. The van der Waals surface area contributed by atoms with Crippen molar-refractivity contribution in [3.05, 3.63) is 70.0 Å². The monoisotopic (exact) mass is 389 g/mol. The first-order chi connectivity index (χ1) is 13.2. The van der Waals surface area contributed by atoms with Crippen LogP contribution in [-0.2, 0) is 11.0 Å². The number of nitrogens with one attached hydrogen (secondary N) is 3. The number of hydrogen-bond donors (Lipinski definition) is 3. The Balaban J connectivity index is 1.91. The number of halogens is 3. The first-order valence-electron chi connectivity index (χ1n) is 8.07. The van der Waals surface area contributed by atoms with Crippen molar-refractivity contribution in [2.45, 2.75) is 13.1 Å². The van der Waals surface area contributed by atoms with Crippen molar-refractivity contribution in [2.75, 3.05) is 10.6 Å². The van der Waals surface area contributed by atoms with Crippen molar-refractivity contribution in [2.24, 2.45) is 0 Å². The largest absolute Gasteiger partial charge is 0.418 e. The molecule has 0 saturated heterocycles. The predicted octanol–water partition coefficient (Wildman–Crippen LogP) is 3.76. The zero-order valence-corrected chi connectivity index (χ0v) is 14.5. The van der Waals surface area contributed by atoms with Crippen LogP contribution in [0.15, 0.2) is 53.5 Å². The van der Waals surface area contributed by atoms with Gasteiger partial charge in [0.1, 0.15) is 5.56 Å². The molecule has 0 bridgehead atoms. The van der Waals surface area contributed by atoms with Crippen LogP contribution in [-0.4, -0.2) is 16.8 Å². The summed E-state index contributed by atoms with van der Waals surface area (Å²) in [6, 6.07) is 9.33. The molecule has 0 radical (unpaired) electrons. The molecule has 0 spiro atoms. The number of carbonyl (C=O) groups is 2. The van der Waals surface area contributed by atoms with Crippen LogP contribution in [0, 0.1) is 0 Å². The molecule has 9 heteroatoms. The van der Waals surface area contributed by atoms with Crippen LogP contribution in [0.2, 0.25) is 0 Å². The Labute approximate surface area is 156 Å². The van der Waals surface area contributed by atoms with E-state index in [0.29, 0.717) is 11.4 Å². The summed E-state index contributed by atoms with van der Waals surface area (Å²) in [5.41, 5.74) is -1.62. The van der Waals surface area contributed by atoms with Gasteiger partial charge in [0.15, 0.2) is 0 Å². The molecule has 1 aromatic heterocycles. The zero-order chi connectivity index (χ0) is 20.5. The van der Waals surface area contributed by atoms with Crippen molar-refractivity contribution in [1.82, 2.24) is 4.98 Å². The second kappa shape index (κ2) is 7.18. The minimum Gasteiger partial charge on any atom is -0.360 e. The molecule has 0 atom stereocenters. The van der Waals surface area contributed by atoms with E-state index in [4.69, 9.17) is 0 Å². The number of anilines is 2. The summed E-state index contributed by atoms with van der Waals surface area (Å²) in [6.07, 6.45) is -3.68. The Bertz CT molecular complexity index is 1120. The number of rotatable bonds is 3. The third-order valence-electron chi connectivity index (χ3n) is 3.93. The van der Waals surface area contributed by atoms with Gasteiger partial charge in [0.05, 0.1) is 11.1 Å². The number of H-pyrrole nitrogens is 1. The fourth-order valence-corrected chi connectivity index (χ4v) is 2.70. The van der Waals surface area contributed by atoms with Crippen molar-refractivity contribution >= 4 is 34.1 Å². The second-order valence-electron chi connectivity index (χ2n) is 5.97. The third kappa shape index (κ3) is 3.88. The standard InChI is InChI=1S/C19H14F3N3O3/c1-10(26)24-11-5-7-12(8-6-11)25-18(28)14-9-23-16-13(17(14)27)3-2-4-15(16)19(20,21)22/h2-9H,1H3,(H,23,27)(H,24,26)(H,25,28). The van der Waals surface area contributed by atoms with E-state index in [1.54, 1.807) is 12.1 Å². The SMILES string of the molecule is CC(=O)Nc1ccc(NC(=O)c2c[nH]c3c(C(F)(F)F)cccc3c2=O)cc1. The van der Waals surface area contributed by atoms with Crippen LogP contribution in [0.3, 0.4) is 0 Å². The molecular formula is C19H14F3N3O3. The summed E-state index contributed by atoms with van der Waals surface area (Å²) in [7, 11) is 0. The number of amides is 2. The Kier molecular flexibility index (Phi) is 4.91. The summed E-state index contributed by atoms with van der Waals surface area (Å²) in [6.45, 7) is 1.35. The Morgan fingerprint density at radius 2 is 1.57 bits per heavy atom. The summed E-state index contributed by atoms with van der Waals surface area (Å²) < 4.78 is 39.2. The van der Waals surface area contributed by atoms with Gasteiger partial charge in [0.2, 0.25) is 11.3 Å². The van der Waals surface area contributed by atoms with Gasteiger partial charge in [-0.3, -0.25) is 14.4 Å². The van der Waals surface area contributed by atoms with E-state index >= 15 is 0 Å². The average molecular weight is 389 g/mol. The molecule has 144 valence electrons. The molecule has 0 aliphatic rings. The first kappa shape index (κ1) is 19.2. The van der Waals surface area contributed by atoms with Gasteiger partial charge in [-0.1, -0.05) is 6.07 Å². The maximum atomic E-state index is 13.1. The van der Waals surface area contributed by atoms with Gasteiger partial charge in [0, 0.05) is 29.9 Å². The highest BCUT2D eigenvalue weighted by Crippen LogP contribution is 2.33. The van der Waals surface area contributed by atoms with E-state index in [9.17, 15) is 27.6 Å². The van der Waals surface area contributed by atoms with Crippen LogP contribution in [0.25, 0.3) is 10.9 Å². The fraction of sp³-hybridized carbons (Fsp3) is 0.105. The molecule has 2 amide bonds. The minimum absolute atomic E-state index is 0.233. The van der Waals surface area contributed by atoms with E-state index < -0.39 is 23.1 Å². The number of carbonyl (C=O) groups excluding carboxylic acids is 2. The van der Waals surface area contributed by atoms with E-state index in [1.807, 2.05) is 0 Å². The highest BCUT2D eigenvalue weighted by molar-refractivity contribution is 6.06. The van der Waals surface area contributed by atoms with Gasteiger partial charge in [-0.05, 0) is 36.4 Å². The summed E-state index contributed by atoms with van der Waals surface area (Å²) in [5.74, 6) is -1.02. The predicted molar refractivity (Wildman–Crippen MR) is 98.3 cm³/mol. The molecule has 0 aliphatic carbocycles. The molecule has 28 heavy (non-hydrogen) atoms. The van der Waals surface area contributed by atoms with Crippen LogP contribution in [0.5, 0.6) is 0 Å². The number of aromatic amines is 1. The number of pyridine rings is 1. The van der Waals surface area contributed by atoms with Gasteiger partial charge in [-0.2, -0.15) is 13.2 Å². The average Bonchev–Trinajstić information content (AvgIpc) is 2.62. The third-order valence-corrected chi connectivity index (χ3v) is 3.93. The number of benzene rings is 2. The zero-order valence-electron chi connectivity index (χ0n) is 14.5. The van der Waals surface area contributed by atoms with Crippen LogP contribution in [0.4, 0.5) is 24.5 Å². The van der Waals surface area contributed by atoms with E-state index in [0.717, 1.165) is 18.3 Å². The lowest BCUT2D eigenvalue weighted by Crippen LogP contribution is -2.22. The molecule has 3 aromatic rings. The molecule has 0 unspecified atom stereocenters. The van der Waals surface area contributed by atoms with Crippen molar-refractivity contribution in [1.29, 1.82) is 0 Å². The van der Waals surface area contributed by atoms with Gasteiger partial charge in [-0.25, -0.2) is 0 Å². The maximum absolute atomic E-state index is 13.1. The van der Waals surface area contributed by atoms with Gasteiger partial charge >= 0.3 is 6.18 Å². The van der Waals surface area contributed by atoms with E-state index in [1.165, 1.54) is 25.1 Å². The quantitative estimate of drug-likeness (QED) is 0.637. The first-order valence-corrected chi connectivity index (χ1v) is 8.07. The molecule has 3 rings (SSSR count). The molecule has 0 saturated carbocycles. The number of hydrogen-bond acceptors (Lipinski definition) is 3. The van der Waals surface area contributed by atoms with Crippen molar-refractivity contribution < 1.29 is 22.8 Å². The topological polar surface area (TPSA) is 91.1 Å². The van der Waals surface area contributed by atoms with Crippen LogP contribution < -0.4 is 16.1 Å². The maximum Gasteiger partial charge on any atom is 0.418 e. The lowest BCUT2D eigenvalue weighted by Gasteiger charge is -2.11. The Morgan fingerprint density at radius 3 is 2.14 bits per heavy atom. The van der Waals surface area contributed by atoms with Gasteiger partial charge < -0.3 is 15.6 Å². The summed E-state index contributed by atoms with van der Waals surface area (Å²) >= 11 is 0. The van der Waals surface area contributed by atoms with E-state index in [-0.39, 0.29) is 22.4 Å². The fourth-order valence-electron chi connectivity index (χ4n) is 2.70. The minimum atomic E-state index is -4.64. The Morgan fingerprint density at radius 1 is 0.964 bits per heavy atom. The molecule has 0 fully saturated rings. The molecule has 2 aromatic carbocycles. The lowest BCUT2D eigenvalue weighted by molar-refractivity contribution is -0.136. The van der Waals surface area contributed by atoms with Crippen LogP contribution in [0.1, 0.15) is 22.8 Å². The van der Waals surface area contributed by atoms with Crippen molar-refractivity contribution in [3.8, 4) is 0 Å². The summed E-state index contributed by atoms with van der Waals surface area (Å²) in [5, 5.41) is 4.83. The van der Waals surface area contributed by atoms with E-state index in [2.05, 4.69) is 15.6 Å². The molecule has 0 aliphatic heterocycles. The van der Waals surface area contributed by atoms with Gasteiger partial charge in [0.25, 0.3) is 5.91 Å². The lowest BCUT2D eigenvalue weighted by atomic mass is 10.1. The molecule has 6 nitrogen and oxygen atoms in total.